The molecule has 94 valence electrons. The van der Waals surface area contributed by atoms with Gasteiger partial charge in [-0.2, -0.15) is 0 Å². The highest BCUT2D eigenvalue weighted by Crippen LogP contribution is 2.25. The molecule has 1 N–H and O–H groups in total. The summed E-state index contributed by atoms with van der Waals surface area (Å²) in [4.78, 5) is 2.19. The van der Waals surface area contributed by atoms with E-state index in [0.717, 1.165) is 44.8 Å². The molecule has 3 nitrogen and oxygen atoms in total. The van der Waals surface area contributed by atoms with Crippen molar-refractivity contribution >= 4 is 0 Å². The molecule has 17 heavy (non-hydrogen) atoms. The van der Waals surface area contributed by atoms with Crippen molar-refractivity contribution in [3.63, 3.8) is 0 Å². The molecular weight excluding hydrogens is 212 g/mol. The van der Waals surface area contributed by atoms with Crippen molar-refractivity contribution in [1.29, 1.82) is 0 Å². The van der Waals surface area contributed by atoms with Crippen molar-refractivity contribution in [3.8, 4) is 5.75 Å². The summed E-state index contributed by atoms with van der Waals surface area (Å²) in [5.41, 5.74) is 2.78. The van der Waals surface area contributed by atoms with Gasteiger partial charge in [-0.3, -0.25) is 0 Å². The Morgan fingerprint density at radius 3 is 3.00 bits per heavy atom. The molecule has 1 aromatic rings. The highest BCUT2D eigenvalue weighted by Gasteiger charge is 2.11. The smallest absolute Gasteiger partial charge is 0.122 e. The van der Waals surface area contributed by atoms with Gasteiger partial charge in [0.1, 0.15) is 5.75 Å². The molecule has 0 aliphatic carbocycles. The summed E-state index contributed by atoms with van der Waals surface area (Å²) < 4.78 is 5.50. The predicted octanol–water partition coefficient (Wildman–Crippen LogP) is 1.32. The first-order valence-corrected chi connectivity index (χ1v) is 6.36. The number of hydrogen-bond acceptors (Lipinski definition) is 3. The molecular formula is C14H22N2O. The van der Waals surface area contributed by atoms with Crippen LogP contribution >= 0.6 is 0 Å². The van der Waals surface area contributed by atoms with Crippen molar-refractivity contribution in [2.45, 2.75) is 12.8 Å². The molecule has 1 aliphatic rings. The second-order valence-corrected chi connectivity index (χ2v) is 4.84. The zero-order valence-corrected chi connectivity index (χ0v) is 10.8. The van der Waals surface area contributed by atoms with Gasteiger partial charge in [-0.25, -0.2) is 0 Å². The van der Waals surface area contributed by atoms with Crippen LogP contribution in [0.5, 0.6) is 5.75 Å². The summed E-state index contributed by atoms with van der Waals surface area (Å²) in [7, 11) is 4.20. The Morgan fingerprint density at radius 1 is 1.29 bits per heavy atom. The van der Waals surface area contributed by atoms with Gasteiger partial charge in [-0.1, -0.05) is 12.1 Å². The molecule has 0 atom stereocenters. The summed E-state index contributed by atoms with van der Waals surface area (Å²) in [5.74, 6) is 1.08. The van der Waals surface area contributed by atoms with E-state index in [1.807, 2.05) is 0 Å². The minimum atomic E-state index is 0.847. The zero-order chi connectivity index (χ0) is 12.1. The monoisotopic (exact) mass is 234 g/mol. The van der Waals surface area contributed by atoms with Crippen LogP contribution in [0.1, 0.15) is 11.1 Å². The van der Waals surface area contributed by atoms with E-state index in [0.29, 0.717) is 0 Å². The fourth-order valence-electron chi connectivity index (χ4n) is 2.06. The SMILES string of the molecule is CN(C)CCNCCc1ccc2c(c1)CCO2. The number of fused-ring (bicyclic) bond motifs is 1. The molecule has 2 rings (SSSR count). The van der Waals surface area contributed by atoms with Gasteiger partial charge in [0.05, 0.1) is 6.61 Å². The lowest BCUT2D eigenvalue weighted by Gasteiger charge is -2.10. The molecule has 1 heterocycles. The molecule has 0 radical (unpaired) electrons. The molecule has 0 amide bonds. The molecule has 0 fully saturated rings. The maximum Gasteiger partial charge on any atom is 0.122 e. The largest absolute Gasteiger partial charge is 0.493 e. The van der Waals surface area contributed by atoms with Crippen molar-refractivity contribution in [1.82, 2.24) is 10.2 Å². The first kappa shape index (κ1) is 12.4. The van der Waals surface area contributed by atoms with Gasteiger partial charge >= 0.3 is 0 Å². The highest BCUT2D eigenvalue weighted by atomic mass is 16.5. The van der Waals surface area contributed by atoms with Crippen LogP contribution in [0.15, 0.2) is 18.2 Å². The quantitative estimate of drug-likeness (QED) is 0.751. The number of hydrogen-bond donors (Lipinski definition) is 1. The zero-order valence-electron chi connectivity index (χ0n) is 10.8. The van der Waals surface area contributed by atoms with Crippen LogP contribution in [-0.4, -0.2) is 45.2 Å². The summed E-state index contributed by atoms with van der Waals surface area (Å²) >= 11 is 0. The van der Waals surface area contributed by atoms with Crippen molar-refractivity contribution < 1.29 is 4.74 Å². The number of rotatable bonds is 6. The molecule has 0 aromatic heterocycles. The summed E-state index contributed by atoms with van der Waals surface area (Å²) in [6.45, 7) is 4.05. The number of ether oxygens (including phenoxy) is 1. The average molecular weight is 234 g/mol. The summed E-state index contributed by atoms with van der Waals surface area (Å²) in [6, 6.07) is 6.57. The minimum absolute atomic E-state index is 0.847. The van der Waals surface area contributed by atoms with E-state index in [4.69, 9.17) is 4.74 Å². The first-order chi connectivity index (χ1) is 8.25. The molecule has 0 unspecified atom stereocenters. The Bertz CT molecular complexity index is 363. The van der Waals surface area contributed by atoms with Gasteiger partial charge in [0.15, 0.2) is 0 Å². The molecule has 1 aliphatic heterocycles. The van der Waals surface area contributed by atoms with Crippen LogP contribution in [0.3, 0.4) is 0 Å². The predicted molar refractivity (Wildman–Crippen MR) is 70.8 cm³/mol. The van der Waals surface area contributed by atoms with Crippen LogP contribution < -0.4 is 10.1 Å². The topological polar surface area (TPSA) is 24.5 Å². The van der Waals surface area contributed by atoms with Crippen LogP contribution in [-0.2, 0) is 12.8 Å². The lowest BCUT2D eigenvalue weighted by atomic mass is 10.1. The van der Waals surface area contributed by atoms with Crippen LogP contribution in [0, 0.1) is 0 Å². The third kappa shape index (κ3) is 3.72. The average Bonchev–Trinajstić information content (AvgIpc) is 2.75. The lowest BCUT2D eigenvalue weighted by Crippen LogP contribution is -2.27. The van der Waals surface area contributed by atoms with Gasteiger partial charge < -0.3 is 15.0 Å². The van der Waals surface area contributed by atoms with E-state index in [9.17, 15) is 0 Å². The van der Waals surface area contributed by atoms with E-state index < -0.39 is 0 Å². The number of likely N-dealkylation sites (N-methyl/N-ethyl adjacent to an activating group) is 1. The second kappa shape index (κ2) is 6.03. The van der Waals surface area contributed by atoms with Crippen LogP contribution in [0.25, 0.3) is 0 Å². The molecule has 0 saturated carbocycles. The lowest BCUT2D eigenvalue weighted by molar-refractivity contribution is 0.357. The van der Waals surface area contributed by atoms with E-state index in [2.05, 4.69) is 42.5 Å². The fraction of sp³-hybridized carbons (Fsp3) is 0.571. The first-order valence-electron chi connectivity index (χ1n) is 6.36. The summed E-state index contributed by atoms with van der Waals surface area (Å²) in [5, 5.41) is 3.46. The van der Waals surface area contributed by atoms with E-state index in [1.165, 1.54) is 11.1 Å². The van der Waals surface area contributed by atoms with E-state index in [1.54, 1.807) is 0 Å². The maximum atomic E-state index is 5.50. The van der Waals surface area contributed by atoms with Gasteiger partial charge in [-0.15, -0.1) is 0 Å². The van der Waals surface area contributed by atoms with Crippen molar-refractivity contribution in [3.05, 3.63) is 29.3 Å². The van der Waals surface area contributed by atoms with E-state index >= 15 is 0 Å². The Kier molecular flexibility index (Phi) is 4.40. The fourth-order valence-corrected chi connectivity index (χ4v) is 2.06. The molecule has 0 saturated heterocycles. The van der Waals surface area contributed by atoms with Gasteiger partial charge in [0, 0.05) is 19.5 Å². The van der Waals surface area contributed by atoms with Crippen LogP contribution in [0.2, 0.25) is 0 Å². The third-order valence-corrected chi connectivity index (χ3v) is 3.08. The summed E-state index contributed by atoms with van der Waals surface area (Å²) in [6.07, 6.45) is 2.16. The number of nitrogens with zero attached hydrogens (tertiary/aromatic N) is 1. The Hall–Kier alpha value is -1.06. The standard InChI is InChI=1S/C14H22N2O/c1-16(2)9-8-15-7-5-12-3-4-14-13(11-12)6-10-17-14/h3-4,11,15H,5-10H2,1-2H3. The Balaban J connectivity index is 1.72. The minimum Gasteiger partial charge on any atom is -0.493 e. The second-order valence-electron chi connectivity index (χ2n) is 4.84. The van der Waals surface area contributed by atoms with Gasteiger partial charge in [0.25, 0.3) is 0 Å². The van der Waals surface area contributed by atoms with E-state index in [-0.39, 0.29) is 0 Å². The van der Waals surface area contributed by atoms with Crippen molar-refractivity contribution in [2.75, 3.05) is 40.3 Å². The van der Waals surface area contributed by atoms with Crippen molar-refractivity contribution in [2.24, 2.45) is 0 Å². The van der Waals surface area contributed by atoms with Crippen LogP contribution in [0.4, 0.5) is 0 Å². The number of benzene rings is 1. The third-order valence-electron chi connectivity index (χ3n) is 3.08. The maximum absolute atomic E-state index is 5.50. The molecule has 0 spiro atoms. The van der Waals surface area contributed by atoms with Gasteiger partial charge in [-0.05, 0) is 44.3 Å². The molecule has 1 aromatic carbocycles. The Labute approximate surface area is 104 Å². The van der Waals surface area contributed by atoms with Gasteiger partial charge in [0.2, 0.25) is 0 Å². The Morgan fingerprint density at radius 2 is 2.18 bits per heavy atom. The highest BCUT2D eigenvalue weighted by molar-refractivity contribution is 5.39. The number of nitrogens with one attached hydrogen (secondary N) is 1. The normalized spacial score (nSPS) is 13.8. The molecule has 3 heteroatoms. The molecule has 0 bridgehead atoms.